The van der Waals surface area contributed by atoms with Crippen LogP contribution >= 0.6 is 0 Å². The first-order valence-electron chi connectivity index (χ1n) is 4.62. The highest BCUT2D eigenvalue weighted by atomic mass is 16.5. The highest BCUT2D eigenvalue weighted by Gasteiger charge is 1.99. The van der Waals surface area contributed by atoms with Gasteiger partial charge in [-0.05, 0) is 17.7 Å². The molecular weight excluding hydrogens is 192 g/mol. The number of methoxy groups -OCH3 is 1. The van der Waals surface area contributed by atoms with Crippen molar-refractivity contribution in [2.75, 3.05) is 7.11 Å². The van der Waals surface area contributed by atoms with Gasteiger partial charge < -0.3 is 9.84 Å². The fraction of sp³-hybridized carbons (Fsp3) is 0.182. The molecule has 0 aliphatic carbocycles. The summed E-state index contributed by atoms with van der Waals surface area (Å²) in [4.78, 5) is 0. The molecule has 1 heterocycles. The zero-order valence-electron chi connectivity index (χ0n) is 8.42. The predicted molar refractivity (Wildman–Crippen MR) is 56.0 cm³/mol. The van der Waals surface area contributed by atoms with Gasteiger partial charge in [0.2, 0.25) is 0 Å². The molecule has 1 N–H and O–H groups in total. The van der Waals surface area contributed by atoms with Crippen LogP contribution < -0.4 is 4.74 Å². The molecule has 0 aliphatic rings. The molecule has 0 bridgehead atoms. The summed E-state index contributed by atoms with van der Waals surface area (Å²) >= 11 is 0. The summed E-state index contributed by atoms with van der Waals surface area (Å²) in [6.45, 7) is 0.623. The molecule has 4 heteroatoms. The standard InChI is InChI=1S/C11H12N2O2/c1-15-11-4-2-3-9(5-11)7-13-8-10(14)6-12-13/h2-6,8,14H,7H2,1H3. The third-order valence-electron chi connectivity index (χ3n) is 2.10. The van der Waals surface area contributed by atoms with Gasteiger partial charge in [0, 0.05) is 0 Å². The van der Waals surface area contributed by atoms with Crippen LogP contribution in [0.3, 0.4) is 0 Å². The van der Waals surface area contributed by atoms with Crippen molar-refractivity contribution >= 4 is 0 Å². The van der Waals surface area contributed by atoms with Gasteiger partial charge in [0.25, 0.3) is 0 Å². The van der Waals surface area contributed by atoms with Gasteiger partial charge in [0.15, 0.2) is 5.75 Å². The maximum Gasteiger partial charge on any atom is 0.153 e. The Bertz CT molecular complexity index is 451. The van der Waals surface area contributed by atoms with Crippen LogP contribution in [0, 0.1) is 0 Å². The molecule has 1 aromatic carbocycles. The van der Waals surface area contributed by atoms with Crippen molar-refractivity contribution in [3.63, 3.8) is 0 Å². The lowest BCUT2D eigenvalue weighted by Crippen LogP contribution is -1.99. The van der Waals surface area contributed by atoms with Gasteiger partial charge in [-0.25, -0.2) is 0 Å². The number of rotatable bonds is 3. The van der Waals surface area contributed by atoms with Crippen molar-refractivity contribution in [2.24, 2.45) is 0 Å². The Morgan fingerprint density at radius 2 is 2.33 bits per heavy atom. The second kappa shape index (κ2) is 4.04. The Balaban J connectivity index is 2.16. The van der Waals surface area contributed by atoms with E-state index >= 15 is 0 Å². The molecule has 78 valence electrons. The molecule has 4 nitrogen and oxygen atoms in total. The minimum Gasteiger partial charge on any atom is -0.505 e. The lowest BCUT2D eigenvalue weighted by atomic mass is 10.2. The highest BCUT2D eigenvalue weighted by molar-refractivity contribution is 5.28. The predicted octanol–water partition coefficient (Wildman–Crippen LogP) is 1.65. The van der Waals surface area contributed by atoms with Crippen LogP contribution in [0.25, 0.3) is 0 Å². The Hall–Kier alpha value is -1.97. The second-order valence-electron chi connectivity index (χ2n) is 3.25. The summed E-state index contributed by atoms with van der Waals surface area (Å²) in [6, 6.07) is 7.75. The third kappa shape index (κ3) is 2.28. The fourth-order valence-electron chi connectivity index (χ4n) is 1.40. The highest BCUT2D eigenvalue weighted by Crippen LogP contribution is 2.14. The minimum absolute atomic E-state index is 0.179. The number of aromatic hydroxyl groups is 1. The van der Waals surface area contributed by atoms with Crippen molar-refractivity contribution in [3.05, 3.63) is 42.2 Å². The number of benzene rings is 1. The van der Waals surface area contributed by atoms with E-state index in [-0.39, 0.29) is 5.75 Å². The molecule has 0 atom stereocenters. The Labute approximate surface area is 87.7 Å². The summed E-state index contributed by atoms with van der Waals surface area (Å²) in [6.07, 6.45) is 3.00. The molecule has 0 radical (unpaired) electrons. The van der Waals surface area contributed by atoms with Crippen molar-refractivity contribution in [1.29, 1.82) is 0 Å². The lowest BCUT2D eigenvalue weighted by Gasteiger charge is -2.04. The van der Waals surface area contributed by atoms with E-state index in [0.717, 1.165) is 11.3 Å². The van der Waals surface area contributed by atoms with Gasteiger partial charge in [-0.2, -0.15) is 5.10 Å². The number of hydrogen-bond donors (Lipinski definition) is 1. The molecule has 2 rings (SSSR count). The minimum atomic E-state index is 0.179. The Morgan fingerprint density at radius 1 is 1.47 bits per heavy atom. The molecule has 2 aromatic rings. The maximum absolute atomic E-state index is 9.12. The van der Waals surface area contributed by atoms with Crippen LogP contribution in [0.4, 0.5) is 0 Å². The van der Waals surface area contributed by atoms with Gasteiger partial charge in [0.05, 0.1) is 26.0 Å². The van der Waals surface area contributed by atoms with E-state index in [2.05, 4.69) is 5.10 Å². The van der Waals surface area contributed by atoms with Crippen molar-refractivity contribution in [3.8, 4) is 11.5 Å². The van der Waals surface area contributed by atoms with E-state index in [9.17, 15) is 0 Å². The molecule has 0 saturated heterocycles. The largest absolute Gasteiger partial charge is 0.505 e. The van der Waals surface area contributed by atoms with Crippen LogP contribution in [0.2, 0.25) is 0 Å². The topological polar surface area (TPSA) is 47.3 Å². The number of aromatic nitrogens is 2. The zero-order valence-corrected chi connectivity index (χ0v) is 8.42. The average molecular weight is 204 g/mol. The quantitative estimate of drug-likeness (QED) is 0.826. The van der Waals surface area contributed by atoms with Gasteiger partial charge in [-0.3, -0.25) is 4.68 Å². The van der Waals surface area contributed by atoms with E-state index in [1.807, 2.05) is 24.3 Å². The summed E-state index contributed by atoms with van der Waals surface area (Å²) in [5.41, 5.74) is 1.08. The number of ether oxygens (including phenoxy) is 1. The zero-order chi connectivity index (χ0) is 10.7. The molecule has 0 spiro atoms. The van der Waals surface area contributed by atoms with Crippen LogP contribution in [0.5, 0.6) is 11.5 Å². The van der Waals surface area contributed by atoms with Crippen LogP contribution in [-0.4, -0.2) is 22.0 Å². The average Bonchev–Trinajstić information content (AvgIpc) is 2.64. The number of nitrogens with zero attached hydrogens (tertiary/aromatic N) is 2. The van der Waals surface area contributed by atoms with Gasteiger partial charge in [0.1, 0.15) is 5.75 Å². The second-order valence-corrected chi connectivity index (χ2v) is 3.25. The van der Waals surface area contributed by atoms with E-state index < -0.39 is 0 Å². The molecule has 0 aliphatic heterocycles. The molecule has 0 fully saturated rings. The smallest absolute Gasteiger partial charge is 0.153 e. The van der Waals surface area contributed by atoms with E-state index in [1.54, 1.807) is 18.0 Å². The van der Waals surface area contributed by atoms with Crippen LogP contribution in [-0.2, 0) is 6.54 Å². The van der Waals surface area contributed by atoms with Crippen LogP contribution in [0.1, 0.15) is 5.56 Å². The van der Waals surface area contributed by atoms with Crippen molar-refractivity contribution in [1.82, 2.24) is 9.78 Å². The van der Waals surface area contributed by atoms with E-state index in [4.69, 9.17) is 9.84 Å². The van der Waals surface area contributed by atoms with Crippen molar-refractivity contribution < 1.29 is 9.84 Å². The first-order valence-corrected chi connectivity index (χ1v) is 4.62. The first-order chi connectivity index (χ1) is 7.28. The molecule has 0 amide bonds. The summed E-state index contributed by atoms with van der Waals surface area (Å²) in [5, 5.41) is 13.1. The lowest BCUT2D eigenvalue weighted by molar-refractivity contribution is 0.414. The Kier molecular flexibility index (Phi) is 2.58. The molecule has 0 saturated carbocycles. The molecular formula is C11H12N2O2. The molecule has 15 heavy (non-hydrogen) atoms. The third-order valence-corrected chi connectivity index (χ3v) is 2.10. The fourth-order valence-corrected chi connectivity index (χ4v) is 1.40. The maximum atomic E-state index is 9.12. The van der Waals surface area contributed by atoms with Gasteiger partial charge in [-0.1, -0.05) is 12.1 Å². The summed E-state index contributed by atoms with van der Waals surface area (Å²) in [7, 11) is 1.64. The van der Waals surface area contributed by atoms with Gasteiger partial charge in [-0.15, -0.1) is 0 Å². The summed E-state index contributed by atoms with van der Waals surface area (Å²) in [5.74, 6) is 1.00. The normalized spacial score (nSPS) is 10.2. The monoisotopic (exact) mass is 204 g/mol. The SMILES string of the molecule is COc1cccc(Cn2cc(O)cn2)c1. The summed E-state index contributed by atoms with van der Waals surface area (Å²) < 4.78 is 6.79. The molecule has 1 aromatic heterocycles. The molecule has 0 unspecified atom stereocenters. The Morgan fingerprint density at radius 3 is 3.00 bits per heavy atom. The van der Waals surface area contributed by atoms with Crippen molar-refractivity contribution in [2.45, 2.75) is 6.54 Å². The van der Waals surface area contributed by atoms with E-state index in [1.165, 1.54) is 6.20 Å². The first kappa shape index (κ1) is 9.58. The van der Waals surface area contributed by atoms with Crippen LogP contribution in [0.15, 0.2) is 36.7 Å². The number of hydrogen-bond acceptors (Lipinski definition) is 3. The van der Waals surface area contributed by atoms with E-state index in [0.29, 0.717) is 6.54 Å². The van der Waals surface area contributed by atoms with Gasteiger partial charge >= 0.3 is 0 Å².